The number of carbonyl (C=O) groups is 1. The van der Waals surface area contributed by atoms with Gasteiger partial charge < -0.3 is 10.1 Å². The minimum Gasteiger partial charge on any atom is -0.457 e. The van der Waals surface area contributed by atoms with Crippen molar-refractivity contribution in [1.29, 1.82) is 0 Å². The SMILES string of the molecule is Cc1c(C(=O)OCc2ccccc2)sc2ncnc(Nc3ccc(S(=O)(=O)Nc4ccccn4)cc3)c12. The molecule has 0 saturated heterocycles. The Morgan fingerprint density at radius 2 is 1.70 bits per heavy atom. The zero-order chi connectivity index (χ0) is 25.8. The number of sulfonamides is 1. The normalized spacial score (nSPS) is 11.3. The molecule has 3 heterocycles. The summed E-state index contributed by atoms with van der Waals surface area (Å²) in [4.78, 5) is 26.6. The van der Waals surface area contributed by atoms with Crippen molar-refractivity contribution in [2.45, 2.75) is 18.4 Å². The monoisotopic (exact) mass is 531 g/mol. The zero-order valence-electron chi connectivity index (χ0n) is 19.6. The summed E-state index contributed by atoms with van der Waals surface area (Å²) < 4.78 is 33.3. The van der Waals surface area contributed by atoms with Gasteiger partial charge in [-0.05, 0) is 54.4 Å². The number of fused-ring (bicyclic) bond motifs is 1. The molecule has 0 spiro atoms. The third kappa shape index (κ3) is 5.42. The summed E-state index contributed by atoms with van der Waals surface area (Å²) >= 11 is 1.24. The summed E-state index contributed by atoms with van der Waals surface area (Å²) in [7, 11) is -3.79. The Kier molecular flexibility index (Phi) is 6.80. The van der Waals surface area contributed by atoms with E-state index in [4.69, 9.17) is 4.74 Å². The second-order valence-electron chi connectivity index (χ2n) is 7.99. The molecule has 11 heteroatoms. The lowest BCUT2D eigenvalue weighted by Gasteiger charge is -2.10. The van der Waals surface area contributed by atoms with Crippen molar-refractivity contribution in [1.82, 2.24) is 15.0 Å². The minimum atomic E-state index is -3.79. The Morgan fingerprint density at radius 3 is 2.43 bits per heavy atom. The Morgan fingerprint density at radius 1 is 0.946 bits per heavy atom. The van der Waals surface area contributed by atoms with Crippen molar-refractivity contribution in [2.75, 3.05) is 10.0 Å². The highest BCUT2D eigenvalue weighted by atomic mass is 32.2. The van der Waals surface area contributed by atoms with Crippen LogP contribution in [0.2, 0.25) is 0 Å². The Balaban J connectivity index is 1.34. The van der Waals surface area contributed by atoms with Gasteiger partial charge in [-0.15, -0.1) is 11.3 Å². The van der Waals surface area contributed by atoms with Crippen molar-refractivity contribution in [3.05, 3.63) is 101 Å². The number of carbonyl (C=O) groups excluding carboxylic acids is 1. The fraction of sp³-hybridized carbons (Fsp3) is 0.0769. The molecule has 3 aromatic heterocycles. The van der Waals surface area contributed by atoms with Gasteiger partial charge in [0.05, 0.1) is 10.3 Å². The minimum absolute atomic E-state index is 0.0895. The maximum atomic E-state index is 12.8. The second kappa shape index (κ2) is 10.3. The van der Waals surface area contributed by atoms with Gasteiger partial charge in [0.2, 0.25) is 0 Å². The van der Waals surface area contributed by atoms with Crippen LogP contribution >= 0.6 is 11.3 Å². The van der Waals surface area contributed by atoms with Gasteiger partial charge in [0, 0.05) is 11.9 Å². The van der Waals surface area contributed by atoms with Crippen molar-refractivity contribution in [3.63, 3.8) is 0 Å². The molecule has 0 radical (unpaired) electrons. The summed E-state index contributed by atoms with van der Waals surface area (Å²) in [6.07, 6.45) is 2.92. The highest BCUT2D eigenvalue weighted by Gasteiger charge is 2.21. The number of aryl methyl sites for hydroxylation is 1. The van der Waals surface area contributed by atoms with Gasteiger partial charge >= 0.3 is 5.97 Å². The average molecular weight is 532 g/mol. The summed E-state index contributed by atoms with van der Waals surface area (Å²) in [6.45, 7) is 2.00. The zero-order valence-corrected chi connectivity index (χ0v) is 21.2. The smallest absolute Gasteiger partial charge is 0.349 e. The Bertz CT molecular complexity index is 1660. The first-order valence-corrected chi connectivity index (χ1v) is 13.5. The molecule has 2 aromatic carbocycles. The number of hydrogen-bond acceptors (Lipinski definition) is 9. The van der Waals surface area contributed by atoms with Gasteiger partial charge in [0.25, 0.3) is 10.0 Å². The maximum Gasteiger partial charge on any atom is 0.349 e. The number of nitrogens with one attached hydrogen (secondary N) is 2. The molecule has 0 aliphatic heterocycles. The van der Waals surface area contributed by atoms with E-state index >= 15 is 0 Å². The molecule has 0 atom stereocenters. The summed E-state index contributed by atoms with van der Waals surface area (Å²) in [5.41, 5.74) is 2.23. The molecule has 37 heavy (non-hydrogen) atoms. The van der Waals surface area contributed by atoms with Gasteiger partial charge in [-0.2, -0.15) is 0 Å². The van der Waals surface area contributed by atoms with Crippen LogP contribution in [-0.2, 0) is 21.4 Å². The van der Waals surface area contributed by atoms with E-state index in [1.807, 2.05) is 37.3 Å². The average Bonchev–Trinajstić information content (AvgIpc) is 3.26. The van der Waals surface area contributed by atoms with Crippen LogP contribution in [0, 0.1) is 6.92 Å². The topological polar surface area (TPSA) is 123 Å². The van der Waals surface area contributed by atoms with Crippen LogP contribution < -0.4 is 10.0 Å². The highest BCUT2D eigenvalue weighted by Crippen LogP contribution is 2.35. The molecule has 5 rings (SSSR count). The quantitative estimate of drug-likeness (QED) is 0.259. The van der Waals surface area contributed by atoms with Crippen molar-refractivity contribution in [2.24, 2.45) is 0 Å². The van der Waals surface area contributed by atoms with Crippen molar-refractivity contribution < 1.29 is 17.9 Å². The van der Waals surface area contributed by atoms with Crippen LogP contribution in [0.15, 0.2) is 90.2 Å². The molecule has 9 nitrogen and oxygen atoms in total. The summed E-state index contributed by atoms with van der Waals surface area (Å²) in [5.74, 6) is 0.312. The molecule has 0 saturated carbocycles. The van der Waals surface area contributed by atoms with Crippen molar-refractivity contribution >= 4 is 54.9 Å². The van der Waals surface area contributed by atoms with Gasteiger partial charge in [0.1, 0.15) is 34.3 Å². The van der Waals surface area contributed by atoms with Crippen LogP contribution in [0.5, 0.6) is 0 Å². The predicted molar refractivity (Wildman–Crippen MR) is 142 cm³/mol. The third-order valence-electron chi connectivity index (χ3n) is 5.46. The number of esters is 1. The van der Waals surface area contributed by atoms with E-state index in [1.54, 1.807) is 30.3 Å². The van der Waals surface area contributed by atoms with Gasteiger partial charge in [0.15, 0.2) is 0 Å². The summed E-state index contributed by atoms with van der Waals surface area (Å²) in [5, 5.41) is 3.90. The fourth-order valence-corrected chi connectivity index (χ4v) is 5.67. The van der Waals surface area contributed by atoms with Gasteiger partial charge in [-0.25, -0.2) is 28.2 Å². The highest BCUT2D eigenvalue weighted by molar-refractivity contribution is 7.92. The number of hydrogen-bond donors (Lipinski definition) is 2. The third-order valence-corrected chi connectivity index (χ3v) is 8.01. The first-order chi connectivity index (χ1) is 17.9. The van der Waals surface area contributed by atoms with E-state index in [2.05, 4.69) is 25.0 Å². The fourth-order valence-electron chi connectivity index (χ4n) is 3.62. The predicted octanol–water partition coefficient (Wildman–Crippen LogP) is 5.30. The molecule has 0 amide bonds. The number of rotatable bonds is 8. The Labute approximate surface area is 217 Å². The number of thiophene rings is 1. The number of pyridine rings is 1. The molecule has 0 unspecified atom stereocenters. The molecule has 186 valence electrons. The van der Waals surface area contributed by atoms with Crippen LogP contribution in [0.25, 0.3) is 10.2 Å². The number of nitrogens with zero attached hydrogens (tertiary/aromatic N) is 3. The molecular weight excluding hydrogens is 510 g/mol. The van der Waals surface area contributed by atoms with Crippen LogP contribution in [0.3, 0.4) is 0 Å². The van der Waals surface area contributed by atoms with Gasteiger partial charge in [-0.1, -0.05) is 36.4 Å². The number of anilines is 3. The standard InChI is InChI=1S/C26H21N5O4S2/c1-17-22-24(28-16-29-25(22)36-23(17)26(32)35-15-18-7-3-2-4-8-18)30-19-10-12-20(13-11-19)37(33,34)31-21-9-5-6-14-27-21/h2-14,16H,15H2,1H3,(H,27,31)(H,28,29,30). The number of ether oxygens (including phenoxy) is 1. The van der Waals surface area contributed by atoms with Gasteiger partial charge in [-0.3, -0.25) is 4.72 Å². The largest absolute Gasteiger partial charge is 0.457 e. The Hall–Kier alpha value is -4.35. The lowest BCUT2D eigenvalue weighted by atomic mass is 10.2. The number of benzene rings is 2. The lowest BCUT2D eigenvalue weighted by molar-refractivity contribution is 0.0478. The lowest BCUT2D eigenvalue weighted by Crippen LogP contribution is -2.13. The van der Waals surface area contributed by atoms with Crippen molar-refractivity contribution in [3.8, 4) is 0 Å². The van der Waals surface area contributed by atoms with Crippen LogP contribution in [-0.4, -0.2) is 29.3 Å². The first-order valence-electron chi connectivity index (χ1n) is 11.2. The molecule has 0 aliphatic rings. The maximum absolute atomic E-state index is 12.8. The van der Waals surface area contributed by atoms with E-state index in [9.17, 15) is 13.2 Å². The molecular formula is C26H21N5O4S2. The van der Waals surface area contributed by atoms with E-state index in [-0.39, 0.29) is 17.3 Å². The van der Waals surface area contributed by atoms with Crippen LogP contribution in [0.4, 0.5) is 17.3 Å². The van der Waals surface area contributed by atoms with E-state index in [1.165, 1.54) is 36.0 Å². The van der Waals surface area contributed by atoms with E-state index in [0.717, 1.165) is 5.56 Å². The second-order valence-corrected chi connectivity index (χ2v) is 10.7. The van der Waals surface area contributed by atoms with E-state index < -0.39 is 16.0 Å². The molecule has 2 N–H and O–H groups in total. The molecule has 0 bridgehead atoms. The molecule has 0 aliphatic carbocycles. The van der Waals surface area contributed by atoms with E-state index in [0.29, 0.717) is 32.2 Å². The number of aromatic nitrogens is 3. The molecule has 5 aromatic rings. The molecule has 0 fully saturated rings. The van der Waals surface area contributed by atoms with Crippen LogP contribution in [0.1, 0.15) is 20.8 Å². The summed E-state index contributed by atoms with van der Waals surface area (Å²) in [6, 6.07) is 20.7. The first kappa shape index (κ1) is 24.3.